The van der Waals surface area contributed by atoms with E-state index < -0.39 is 0 Å². The third-order valence-corrected chi connectivity index (χ3v) is 4.67. The van der Waals surface area contributed by atoms with Gasteiger partial charge in [0, 0.05) is 32.0 Å². The summed E-state index contributed by atoms with van der Waals surface area (Å²) in [4.78, 5) is 6.93. The second-order valence-corrected chi connectivity index (χ2v) is 7.55. The van der Waals surface area contributed by atoms with Crippen LogP contribution in [0, 0.1) is 0 Å². The molecule has 0 spiro atoms. The van der Waals surface area contributed by atoms with Crippen LogP contribution < -0.4 is 10.6 Å². The van der Waals surface area contributed by atoms with Crippen molar-refractivity contribution in [3.05, 3.63) is 83.7 Å². The average molecular weight is 532 g/mol. The van der Waals surface area contributed by atoms with Gasteiger partial charge in [-0.05, 0) is 62.3 Å². The Morgan fingerprint density at radius 2 is 1.77 bits per heavy atom. The predicted octanol–water partition coefficient (Wildman–Crippen LogP) is 3.85. The van der Waals surface area contributed by atoms with Crippen molar-refractivity contribution in [3.63, 3.8) is 0 Å². The summed E-state index contributed by atoms with van der Waals surface area (Å²) in [5, 5.41) is 11.0. The Labute approximate surface area is 202 Å². The van der Waals surface area contributed by atoms with Crippen LogP contribution in [-0.2, 0) is 19.5 Å². The molecule has 166 valence electrons. The fraction of sp³-hybridized carbons (Fsp3) is 0.333. The number of guanidine groups is 1. The standard InChI is InChI=1S/C24H32N6.HI/c1-4-25-24(27-18-21-7-5-8-22(17-21)19-29(2)3)26-15-13-20-9-11-23(12-10-20)30-16-6-14-28-30;/h5-12,14,16-17H,4,13,15,18-19H2,1-3H3,(H2,25,26,27);1H. The van der Waals surface area contributed by atoms with Crippen molar-refractivity contribution in [2.75, 3.05) is 27.2 Å². The fourth-order valence-electron chi connectivity index (χ4n) is 3.27. The summed E-state index contributed by atoms with van der Waals surface area (Å²) in [5.41, 5.74) is 4.89. The molecule has 1 heterocycles. The minimum absolute atomic E-state index is 0. The lowest BCUT2D eigenvalue weighted by Gasteiger charge is -2.13. The van der Waals surface area contributed by atoms with Crippen molar-refractivity contribution in [1.29, 1.82) is 0 Å². The van der Waals surface area contributed by atoms with Gasteiger partial charge in [0.1, 0.15) is 0 Å². The zero-order valence-electron chi connectivity index (χ0n) is 18.6. The molecule has 0 radical (unpaired) electrons. The Morgan fingerprint density at radius 3 is 2.45 bits per heavy atom. The van der Waals surface area contributed by atoms with E-state index in [1.807, 2.05) is 16.9 Å². The van der Waals surface area contributed by atoms with Gasteiger partial charge in [0.05, 0.1) is 12.2 Å². The topological polar surface area (TPSA) is 57.5 Å². The third-order valence-electron chi connectivity index (χ3n) is 4.67. The van der Waals surface area contributed by atoms with Gasteiger partial charge in [-0.3, -0.25) is 0 Å². The van der Waals surface area contributed by atoms with Crippen LogP contribution in [0.2, 0.25) is 0 Å². The Morgan fingerprint density at radius 1 is 1.00 bits per heavy atom. The van der Waals surface area contributed by atoms with Gasteiger partial charge >= 0.3 is 0 Å². The molecule has 31 heavy (non-hydrogen) atoms. The molecule has 1 aromatic heterocycles. The molecule has 0 bridgehead atoms. The zero-order valence-corrected chi connectivity index (χ0v) is 20.9. The Balaban J connectivity index is 0.00000341. The summed E-state index contributed by atoms with van der Waals surface area (Å²) in [6, 6.07) is 19.1. The van der Waals surface area contributed by atoms with Crippen LogP contribution >= 0.6 is 24.0 Å². The van der Waals surface area contributed by atoms with Crippen molar-refractivity contribution in [2.24, 2.45) is 4.99 Å². The van der Waals surface area contributed by atoms with E-state index >= 15 is 0 Å². The number of halogens is 1. The minimum atomic E-state index is 0. The highest BCUT2D eigenvalue weighted by Crippen LogP contribution is 2.10. The SMILES string of the molecule is CCNC(=NCc1cccc(CN(C)C)c1)NCCc1ccc(-n2cccn2)cc1.I. The van der Waals surface area contributed by atoms with Gasteiger partial charge in [-0.1, -0.05) is 36.4 Å². The van der Waals surface area contributed by atoms with Gasteiger partial charge in [-0.15, -0.1) is 24.0 Å². The molecule has 0 amide bonds. The lowest BCUT2D eigenvalue weighted by atomic mass is 10.1. The molecule has 3 rings (SSSR count). The van der Waals surface area contributed by atoms with Crippen LogP contribution in [0.1, 0.15) is 23.6 Å². The summed E-state index contributed by atoms with van der Waals surface area (Å²) < 4.78 is 1.87. The van der Waals surface area contributed by atoms with E-state index in [4.69, 9.17) is 4.99 Å². The van der Waals surface area contributed by atoms with Crippen molar-refractivity contribution < 1.29 is 0 Å². The first-order valence-corrected chi connectivity index (χ1v) is 10.5. The number of nitrogens with one attached hydrogen (secondary N) is 2. The molecule has 0 saturated carbocycles. The smallest absolute Gasteiger partial charge is 0.191 e. The van der Waals surface area contributed by atoms with Crippen LogP contribution in [0.4, 0.5) is 0 Å². The Kier molecular flexibility index (Phi) is 10.5. The molecule has 6 nitrogen and oxygen atoms in total. The highest BCUT2D eigenvalue weighted by molar-refractivity contribution is 14.0. The molecule has 0 unspecified atom stereocenters. The molecule has 3 aromatic rings. The third kappa shape index (κ3) is 8.34. The first kappa shape index (κ1) is 24.9. The highest BCUT2D eigenvalue weighted by Gasteiger charge is 2.01. The number of aromatic nitrogens is 2. The van der Waals surface area contributed by atoms with E-state index in [0.29, 0.717) is 6.54 Å². The predicted molar refractivity (Wildman–Crippen MR) is 139 cm³/mol. The summed E-state index contributed by atoms with van der Waals surface area (Å²) in [7, 11) is 4.17. The van der Waals surface area contributed by atoms with E-state index in [0.717, 1.165) is 37.7 Å². The van der Waals surface area contributed by atoms with Crippen LogP contribution in [0.25, 0.3) is 5.69 Å². The van der Waals surface area contributed by atoms with Crippen LogP contribution in [0.5, 0.6) is 0 Å². The molecular weight excluding hydrogens is 499 g/mol. The van der Waals surface area contributed by atoms with Gasteiger partial charge in [-0.2, -0.15) is 5.10 Å². The van der Waals surface area contributed by atoms with Gasteiger partial charge in [0.2, 0.25) is 0 Å². The molecule has 0 saturated heterocycles. The van der Waals surface area contributed by atoms with Gasteiger partial charge < -0.3 is 15.5 Å². The lowest BCUT2D eigenvalue weighted by molar-refractivity contribution is 0.402. The Hall–Kier alpha value is -2.39. The maximum Gasteiger partial charge on any atom is 0.191 e. The average Bonchev–Trinajstić information content (AvgIpc) is 3.27. The quantitative estimate of drug-likeness (QED) is 0.250. The number of hydrogen-bond acceptors (Lipinski definition) is 3. The number of rotatable bonds is 9. The van der Waals surface area contributed by atoms with Crippen molar-refractivity contribution >= 4 is 29.9 Å². The van der Waals surface area contributed by atoms with Gasteiger partial charge in [-0.25, -0.2) is 9.67 Å². The van der Waals surface area contributed by atoms with Crippen LogP contribution in [0.15, 0.2) is 72.0 Å². The summed E-state index contributed by atoms with van der Waals surface area (Å²) in [6.07, 6.45) is 4.67. The van der Waals surface area contributed by atoms with E-state index in [1.165, 1.54) is 16.7 Å². The van der Waals surface area contributed by atoms with E-state index in [-0.39, 0.29) is 24.0 Å². The number of benzene rings is 2. The van der Waals surface area contributed by atoms with E-state index in [1.54, 1.807) is 6.20 Å². The lowest BCUT2D eigenvalue weighted by Crippen LogP contribution is -2.38. The molecular formula is C24H33IN6. The normalized spacial score (nSPS) is 11.3. The molecule has 2 aromatic carbocycles. The molecule has 0 aliphatic rings. The molecule has 7 heteroatoms. The maximum absolute atomic E-state index is 4.75. The van der Waals surface area contributed by atoms with Crippen molar-refractivity contribution in [1.82, 2.24) is 25.3 Å². The summed E-state index contributed by atoms with van der Waals surface area (Å²) >= 11 is 0. The molecule has 0 aliphatic heterocycles. The van der Waals surface area contributed by atoms with Crippen molar-refractivity contribution in [2.45, 2.75) is 26.4 Å². The van der Waals surface area contributed by atoms with Crippen molar-refractivity contribution in [3.8, 4) is 5.69 Å². The zero-order chi connectivity index (χ0) is 21.2. The highest BCUT2D eigenvalue weighted by atomic mass is 127. The van der Waals surface area contributed by atoms with Crippen LogP contribution in [0.3, 0.4) is 0 Å². The number of aliphatic imine (C=N–C) groups is 1. The second kappa shape index (κ2) is 13.1. The molecule has 0 aliphatic carbocycles. The summed E-state index contributed by atoms with van der Waals surface area (Å²) in [5.74, 6) is 0.851. The molecule has 0 fully saturated rings. The molecule has 2 N–H and O–H groups in total. The van der Waals surface area contributed by atoms with E-state index in [9.17, 15) is 0 Å². The van der Waals surface area contributed by atoms with E-state index in [2.05, 4.69) is 90.2 Å². The number of hydrogen-bond donors (Lipinski definition) is 2. The van der Waals surface area contributed by atoms with Gasteiger partial charge in [0.25, 0.3) is 0 Å². The monoisotopic (exact) mass is 532 g/mol. The molecule has 0 atom stereocenters. The maximum atomic E-state index is 4.75. The second-order valence-electron chi connectivity index (χ2n) is 7.55. The summed E-state index contributed by atoms with van der Waals surface area (Å²) in [6.45, 7) is 5.35. The van der Waals surface area contributed by atoms with Gasteiger partial charge in [0.15, 0.2) is 5.96 Å². The fourth-order valence-corrected chi connectivity index (χ4v) is 3.27. The number of nitrogens with zero attached hydrogens (tertiary/aromatic N) is 4. The first-order valence-electron chi connectivity index (χ1n) is 10.5. The van der Waals surface area contributed by atoms with Crippen LogP contribution in [-0.4, -0.2) is 47.8 Å². The largest absolute Gasteiger partial charge is 0.357 e. The Bertz CT molecular complexity index is 920. The first-order chi connectivity index (χ1) is 14.6. The minimum Gasteiger partial charge on any atom is -0.357 e.